The number of thioether (sulfide) groups is 1. The molecule has 0 saturated carbocycles. The summed E-state index contributed by atoms with van der Waals surface area (Å²) in [7, 11) is 0. The highest BCUT2D eigenvalue weighted by Crippen LogP contribution is 2.38. The maximum atomic E-state index is 2.42. The monoisotopic (exact) mass is 298 g/mol. The topological polar surface area (TPSA) is 4.10 Å². The summed E-state index contributed by atoms with van der Waals surface area (Å²) in [4.78, 5) is 1.35. The standard InChI is InChI=1S/C17H16NS2/c1-11-10-20-16-9-15-13-6-4-3-5-12(13)7-8-14(15)17(19-2)18(11)16/h3-6,9-10H,7-8H2,1-2H3/q+1. The molecule has 0 fully saturated rings. The summed E-state index contributed by atoms with van der Waals surface area (Å²) in [5, 5.41) is 3.68. The minimum absolute atomic E-state index is 1.15. The van der Waals surface area contributed by atoms with Gasteiger partial charge in [0.15, 0.2) is 5.69 Å². The summed E-state index contributed by atoms with van der Waals surface area (Å²) in [6.07, 6.45) is 4.51. The molecule has 0 bridgehead atoms. The molecule has 3 heteroatoms. The van der Waals surface area contributed by atoms with Gasteiger partial charge in [-0.3, -0.25) is 0 Å². The van der Waals surface area contributed by atoms with Gasteiger partial charge >= 0.3 is 0 Å². The van der Waals surface area contributed by atoms with Crippen LogP contribution >= 0.6 is 23.1 Å². The second-order valence-electron chi connectivity index (χ2n) is 5.25. The van der Waals surface area contributed by atoms with Crippen molar-refractivity contribution in [3.05, 3.63) is 52.5 Å². The molecular formula is C17H16NS2+. The van der Waals surface area contributed by atoms with Crippen molar-refractivity contribution in [3.63, 3.8) is 0 Å². The summed E-state index contributed by atoms with van der Waals surface area (Å²) >= 11 is 3.72. The summed E-state index contributed by atoms with van der Waals surface area (Å²) < 4.78 is 2.42. The molecule has 0 atom stereocenters. The molecule has 0 spiro atoms. The minimum Gasteiger partial charge on any atom is -0.142 e. The third-order valence-electron chi connectivity index (χ3n) is 4.12. The number of hydrogen-bond donors (Lipinski definition) is 0. The maximum Gasteiger partial charge on any atom is 0.268 e. The number of thiazole rings is 1. The van der Waals surface area contributed by atoms with Gasteiger partial charge in [0, 0.05) is 18.6 Å². The van der Waals surface area contributed by atoms with E-state index in [4.69, 9.17) is 0 Å². The van der Waals surface area contributed by atoms with Gasteiger partial charge < -0.3 is 0 Å². The van der Waals surface area contributed by atoms with E-state index in [1.807, 2.05) is 23.1 Å². The normalized spacial score (nSPS) is 13.3. The third-order valence-corrected chi connectivity index (χ3v) is 5.94. The Bertz CT molecular complexity index is 817. The van der Waals surface area contributed by atoms with E-state index in [9.17, 15) is 0 Å². The molecule has 3 aromatic rings. The first kappa shape index (κ1) is 12.4. The predicted molar refractivity (Wildman–Crippen MR) is 86.8 cm³/mol. The summed E-state index contributed by atoms with van der Waals surface area (Å²) in [6.45, 7) is 2.20. The fourth-order valence-electron chi connectivity index (χ4n) is 3.20. The van der Waals surface area contributed by atoms with E-state index in [2.05, 4.69) is 53.3 Å². The number of hydrogen-bond acceptors (Lipinski definition) is 2. The Morgan fingerprint density at radius 3 is 2.85 bits per heavy atom. The smallest absolute Gasteiger partial charge is 0.142 e. The van der Waals surface area contributed by atoms with Crippen molar-refractivity contribution in [2.24, 2.45) is 0 Å². The lowest BCUT2D eigenvalue weighted by Gasteiger charge is -2.19. The number of fused-ring (bicyclic) bond motifs is 4. The van der Waals surface area contributed by atoms with Crippen LogP contribution in [0.3, 0.4) is 0 Å². The van der Waals surface area contributed by atoms with E-state index < -0.39 is 0 Å². The van der Waals surface area contributed by atoms with Gasteiger partial charge in [0.05, 0.1) is 5.38 Å². The summed E-state index contributed by atoms with van der Waals surface area (Å²) in [5.41, 5.74) is 7.23. The van der Waals surface area contributed by atoms with Gasteiger partial charge in [0.25, 0.3) is 4.83 Å². The van der Waals surface area contributed by atoms with Crippen LogP contribution in [0.15, 0.2) is 40.7 Å². The van der Waals surface area contributed by atoms with Crippen LogP contribution in [-0.4, -0.2) is 6.26 Å². The average Bonchev–Trinajstić information content (AvgIpc) is 2.86. The van der Waals surface area contributed by atoms with E-state index in [-0.39, 0.29) is 0 Å². The highest BCUT2D eigenvalue weighted by Gasteiger charge is 2.27. The van der Waals surface area contributed by atoms with Crippen LogP contribution in [-0.2, 0) is 12.8 Å². The first-order valence-corrected chi connectivity index (χ1v) is 8.98. The Hall–Kier alpha value is -1.32. The Balaban J connectivity index is 2.12. The lowest BCUT2D eigenvalue weighted by Crippen LogP contribution is -2.28. The molecule has 4 rings (SSSR count). The molecule has 2 heterocycles. The van der Waals surface area contributed by atoms with Crippen LogP contribution < -0.4 is 4.40 Å². The van der Waals surface area contributed by atoms with Crippen molar-refractivity contribution in [2.45, 2.75) is 24.8 Å². The molecule has 1 aromatic carbocycles. The largest absolute Gasteiger partial charge is 0.268 e. The molecule has 0 N–H and O–H groups in total. The molecule has 0 aliphatic heterocycles. The Morgan fingerprint density at radius 2 is 2.00 bits per heavy atom. The quantitative estimate of drug-likeness (QED) is 0.479. The molecule has 1 nitrogen and oxygen atoms in total. The van der Waals surface area contributed by atoms with Crippen LogP contribution in [0, 0.1) is 6.92 Å². The number of aromatic nitrogens is 1. The SMILES string of the molecule is CSc1c2c(cc3scc(C)[n+]13)-c1ccccc1CC2. The molecular weight excluding hydrogens is 282 g/mol. The van der Waals surface area contributed by atoms with Crippen LogP contribution in [0.5, 0.6) is 0 Å². The Labute approximate surface area is 127 Å². The molecule has 0 unspecified atom stereocenters. The number of rotatable bonds is 1. The molecule has 1 aliphatic carbocycles. The van der Waals surface area contributed by atoms with Gasteiger partial charge in [-0.25, -0.2) is 0 Å². The Morgan fingerprint density at radius 1 is 1.15 bits per heavy atom. The van der Waals surface area contributed by atoms with Crippen LogP contribution in [0.25, 0.3) is 16.0 Å². The zero-order valence-electron chi connectivity index (χ0n) is 11.6. The van der Waals surface area contributed by atoms with Crippen molar-refractivity contribution in [3.8, 4) is 11.1 Å². The number of pyridine rings is 1. The highest BCUT2D eigenvalue weighted by atomic mass is 32.2. The molecule has 0 saturated heterocycles. The van der Waals surface area contributed by atoms with E-state index in [0.29, 0.717) is 0 Å². The van der Waals surface area contributed by atoms with Crippen LogP contribution in [0.4, 0.5) is 0 Å². The predicted octanol–water partition coefficient (Wildman–Crippen LogP) is 4.28. The maximum absolute atomic E-state index is 2.42. The number of aryl methyl sites for hydroxylation is 2. The van der Waals surface area contributed by atoms with E-state index in [1.165, 1.54) is 37.8 Å². The molecule has 0 amide bonds. The van der Waals surface area contributed by atoms with Gasteiger partial charge in [0.2, 0.25) is 5.03 Å². The van der Waals surface area contributed by atoms with E-state index in [1.54, 1.807) is 0 Å². The number of benzene rings is 1. The van der Waals surface area contributed by atoms with Gasteiger partial charge in [-0.15, -0.1) is 4.40 Å². The van der Waals surface area contributed by atoms with Gasteiger partial charge in [-0.2, -0.15) is 0 Å². The zero-order chi connectivity index (χ0) is 13.7. The lowest BCUT2D eigenvalue weighted by molar-refractivity contribution is -0.558. The third kappa shape index (κ3) is 1.66. The second-order valence-corrected chi connectivity index (χ2v) is 6.94. The second kappa shape index (κ2) is 4.61. The molecule has 0 radical (unpaired) electrons. The fourth-order valence-corrected chi connectivity index (χ4v) is 5.07. The molecule has 2 aromatic heterocycles. The van der Waals surface area contributed by atoms with E-state index in [0.717, 1.165) is 12.8 Å². The van der Waals surface area contributed by atoms with Gasteiger partial charge in [-0.05, 0) is 35.8 Å². The first-order chi connectivity index (χ1) is 9.79. The minimum atomic E-state index is 1.15. The van der Waals surface area contributed by atoms with Crippen molar-refractivity contribution in [2.75, 3.05) is 6.26 Å². The van der Waals surface area contributed by atoms with Crippen LogP contribution in [0.2, 0.25) is 0 Å². The molecule has 1 aliphatic rings. The highest BCUT2D eigenvalue weighted by molar-refractivity contribution is 7.98. The fraction of sp³-hybridized carbons (Fsp3) is 0.235. The van der Waals surface area contributed by atoms with E-state index >= 15 is 0 Å². The lowest BCUT2D eigenvalue weighted by atomic mass is 9.87. The summed E-state index contributed by atoms with van der Waals surface area (Å²) in [6, 6.07) is 11.2. The number of nitrogens with zero attached hydrogens (tertiary/aromatic N) is 1. The average molecular weight is 298 g/mol. The van der Waals surface area contributed by atoms with Gasteiger partial charge in [-0.1, -0.05) is 47.4 Å². The first-order valence-electron chi connectivity index (χ1n) is 6.87. The zero-order valence-corrected chi connectivity index (χ0v) is 13.3. The van der Waals surface area contributed by atoms with Crippen molar-refractivity contribution >= 4 is 27.9 Å². The summed E-state index contributed by atoms with van der Waals surface area (Å²) in [5.74, 6) is 0. The Kier molecular flexibility index (Phi) is 2.86. The van der Waals surface area contributed by atoms with Crippen molar-refractivity contribution in [1.29, 1.82) is 0 Å². The van der Waals surface area contributed by atoms with Crippen LogP contribution in [0.1, 0.15) is 16.8 Å². The van der Waals surface area contributed by atoms with Gasteiger partial charge in [0.1, 0.15) is 0 Å². The van der Waals surface area contributed by atoms with Crippen molar-refractivity contribution in [1.82, 2.24) is 0 Å². The van der Waals surface area contributed by atoms with Crippen molar-refractivity contribution < 1.29 is 4.40 Å². The molecule has 20 heavy (non-hydrogen) atoms. The molecule has 100 valence electrons.